The average molecular weight is 773 g/mol. The molecule has 6 atom stereocenters. The molecule has 1 rings (SSSR count). The Balaban J connectivity index is 2.36. The van der Waals surface area contributed by atoms with Crippen LogP contribution in [0.15, 0.2) is 85.1 Å². The maximum atomic E-state index is 12.7. The highest BCUT2D eigenvalue weighted by Crippen LogP contribution is 2.22. The van der Waals surface area contributed by atoms with Gasteiger partial charge < -0.3 is 39.4 Å². The van der Waals surface area contributed by atoms with Gasteiger partial charge in [0.2, 0.25) is 0 Å². The van der Waals surface area contributed by atoms with Crippen LogP contribution in [0.1, 0.15) is 136 Å². The first-order valence-corrected chi connectivity index (χ1v) is 21.2. The van der Waals surface area contributed by atoms with Crippen molar-refractivity contribution in [2.75, 3.05) is 26.4 Å². The zero-order chi connectivity index (χ0) is 40.0. The van der Waals surface area contributed by atoms with E-state index in [1.807, 2.05) is 0 Å². The van der Waals surface area contributed by atoms with Gasteiger partial charge in [-0.25, -0.2) is 0 Å². The zero-order valence-corrected chi connectivity index (χ0v) is 34.1. The monoisotopic (exact) mass is 773 g/mol. The van der Waals surface area contributed by atoms with Gasteiger partial charge in [-0.15, -0.1) is 0 Å². The summed E-state index contributed by atoms with van der Waals surface area (Å²) >= 11 is 0. The van der Waals surface area contributed by atoms with Crippen LogP contribution in [-0.2, 0) is 23.7 Å². The predicted molar refractivity (Wildman–Crippen MR) is 223 cm³/mol. The first kappa shape index (κ1) is 50.4. The van der Waals surface area contributed by atoms with Crippen LogP contribution in [0, 0.1) is 0 Å². The largest absolute Gasteiger partial charge is 0.457 e. The minimum absolute atomic E-state index is 0.109. The van der Waals surface area contributed by atoms with Crippen molar-refractivity contribution in [1.82, 2.24) is 0 Å². The van der Waals surface area contributed by atoms with Crippen molar-refractivity contribution >= 4 is 5.97 Å². The number of rotatable bonds is 34. The Kier molecular flexibility index (Phi) is 33.9. The number of hydrogen-bond donors (Lipinski definition) is 4. The molecule has 0 saturated carbocycles. The van der Waals surface area contributed by atoms with Crippen LogP contribution in [0.2, 0.25) is 0 Å². The second kappa shape index (κ2) is 37.0. The molecule has 1 aliphatic heterocycles. The van der Waals surface area contributed by atoms with Crippen LogP contribution in [0.5, 0.6) is 0 Å². The molecule has 0 amide bonds. The molecule has 0 bridgehead atoms. The summed E-state index contributed by atoms with van der Waals surface area (Å²) in [4.78, 5) is 12.7. The maximum Gasteiger partial charge on any atom is 0.306 e. The molecule has 4 N–H and O–H groups in total. The van der Waals surface area contributed by atoms with Gasteiger partial charge in [0.05, 0.1) is 19.8 Å². The number of aliphatic hydroxyl groups is 4. The van der Waals surface area contributed by atoms with Crippen LogP contribution in [0.25, 0.3) is 0 Å². The Morgan fingerprint density at radius 2 is 1.11 bits per heavy atom. The molecule has 1 heterocycles. The SMILES string of the molecule is CC/C=C\C/C=C\C/C=C\C/C=C\C/C=C\CCCC(=O)OC(COCCCCCCCC/C=C\C/C=C\CCCC)COC1OC(CO)C(O)C(O)C1O. The fourth-order valence-corrected chi connectivity index (χ4v) is 5.72. The van der Waals surface area contributed by atoms with Gasteiger partial charge >= 0.3 is 5.97 Å². The first-order chi connectivity index (χ1) is 26.9. The van der Waals surface area contributed by atoms with E-state index in [1.165, 1.54) is 38.5 Å². The predicted octanol–water partition coefficient (Wildman–Crippen LogP) is 9.08. The van der Waals surface area contributed by atoms with Gasteiger partial charge in [0.25, 0.3) is 0 Å². The Hall–Kier alpha value is -2.63. The third kappa shape index (κ3) is 28.4. The average Bonchev–Trinajstić information content (AvgIpc) is 3.18. The van der Waals surface area contributed by atoms with Crippen molar-refractivity contribution in [2.24, 2.45) is 0 Å². The summed E-state index contributed by atoms with van der Waals surface area (Å²) in [6, 6.07) is 0. The van der Waals surface area contributed by atoms with E-state index in [2.05, 4.69) is 98.9 Å². The van der Waals surface area contributed by atoms with Crippen molar-refractivity contribution in [3.05, 3.63) is 85.1 Å². The Morgan fingerprint density at radius 1 is 0.600 bits per heavy atom. The molecule has 1 aliphatic rings. The van der Waals surface area contributed by atoms with E-state index in [-0.39, 0.29) is 25.6 Å². The van der Waals surface area contributed by atoms with Crippen molar-refractivity contribution in [1.29, 1.82) is 0 Å². The highest BCUT2D eigenvalue weighted by atomic mass is 16.7. The molecular formula is C46H76O9. The van der Waals surface area contributed by atoms with Crippen molar-refractivity contribution in [3.8, 4) is 0 Å². The maximum absolute atomic E-state index is 12.7. The number of carbonyl (C=O) groups is 1. The molecule has 9 nitrogen and oxygen atoms in total. The smallest absolute Gasteiger partial charge is 0.306 e. The highest BCUT2D eigenvalue weighted by molar-refractivity contribution is 5.69. The van der Waals surface area contributed by atoms with Gasteiger partial charge in [0.1, 0.15) is 30.5 Å². The lowest BCUT2D eigenvalue weighted by Crippen LogP contribution is -2.59. The molecule has 0 radical (unpaired) electrons. The van der Waals surface area contributed by atoms with Crippen molar-refractivity contribution < 1.29 is 44.2 Å². The van der Waals surface area contributed by atoms with Gasteiger partial charge in [0.15, 0.2) is 6.29 Å². The van der Waals surface area contributed by atoms with Gasteiger partial charge in [0, 0.05) is 13.0 Å². The Morgan fingerprint density at radius 3 is 1.67 bits per heavy atom. The van der Waals surface area contributed by atoms with E-state index < -0.39 is 43.4 Å². The summed E-state index contributed by atoms with van der Waals surface area (Å²) in [6.07, 6.45) is 41.8. The number of unbranched alkanes of at least 4 members (excludes halogenated alkanes) is 9. The van der Waals surface area contributed by atoms with E-state index in [4.69, 9.17) is 18.9 Å². The summed E-state index contributed by atoms with van der Waals surface area (Å²) < 4.78 is 22.7. The minimum Gasteiger partial charge on any atom is -0.457 e. The molecule has 9 heteroatoms. The Labute approximate surface area is 333 Å². The fraction of sp³-hybridized carbons (Fsp3) is 0.674. The molecule has 1 fully saturated rings. The molecular weight excluding hydrogens is 696 g/mol. The van der Waals surface area contributed by atoms with Gasteiger partial charge in [-0.1, -0.05) is 137 Å². The van der Waals surface area contributed by atoms with Crippen molar-refractivity contribution in [2.45, 2.75) is 173 Å². The van der Waals surface area contributed by atoms with E-state index in [0.29, 0.717) is 13.0 Å². The zero-order valence-electron chi connectivity index (χ0n) is 34.1. The summed E-state index contributed by atoms with van der Waals surface area (Å²) in [5, 5.41) is 40.0. The number of allylic oxidation sites excluding steroid dienone is 14. The van der Waals surface area contributed by atoms with Gasteiger partial charge in [-0.05, 0) is 77.0 Å². The lowest BCUT2D eigenvalue weighted by atomic mass is 9.99. The van der Waals surface area contributed by atoms with Crippen LogP contribution in [0.4, 0.5) is 0 Å². The topological polar surface area (TPSA) is 135 Å². The second-order valence-corrected chi connectivity index (χ2v) is 14.0. The van der Waals surface area contributed by atoms with Gasteiger partial charge in [-0.3, -0.25) is 4.79 Å². The number of hydrogen-bond acceptors (Lipinski definition) is 9. The molecule has 0 aliphatic carbocycles. The van der Waals surface area contributed by atoms with Crippen LogP contribution in [-0.4, -0.2) is 89.6 Å². The van der Waals surface area contributed by atoms with E-state index >= 15 is 0 Å². The van der Waals surface area contributed by atoms with E-state index in [0.717, 1.165) is 70.6 Å². The van der Waals surface area contributed by atoms with Crippen molar-refractivity contribution in [3.63, 3.8) is 0 Å². The van der Waals surface area contributed by atoms with Crippen LogP contribution >= 0.6 is 0 Å². The van der Waals surface area contributed by atoms with Crippen LogP contribution in [0.3, 0.4) is 0 Å². The Bertz CT molecular complexity index is 1110. The molecule has 0 aromatic rings. The third-order valence-electron chi connectivity index (χ3n) is 9.05. The number of esters is 1. The molecule has 0 spiro atoms. The lowest BCUT2D eigenvalue weighted by molar-refractivity contribution is -0.305. The lowest BCUT2D eigenvalue weighted by Gasteiger charge is -2.39. The van der Waals surface area contributed by atoms with Crippen LogP contribution < -0.4 is 0 Å². The highest BCUT2D eigenvalue weighted by Gasteiger charge is 2.44. The van der Waals surface area contributed by atoms with Gasteiger partial charge in [-0.2, -0.15) is 0 Å². The number of ether oxygens (including phenoxy) is 4. The van der Waals surface area contributed by atoms with E-state index in [1.54, 1.807) is 0 Å². The standard InChI is InChI=1S/C46H76O9/c1-3-5-7-9-11-13-15-17-19-20-21-23-25-27-29-31-33-35-42(48)54-40(39-53-46-45(51)44(50)43(49)41(37-47)55-46)38-52-36-34-32-30-28-26-24-22-18-16-14-12-10-8-6-4-2/h5,7,10-13,16-19,21,23,27,29,40-41,43-47,49-51H,3-4,6,8-9,14-15,20,22,24-26,28,30-39H2,1-2H3/b7-5-,12-10-,13-11-,18-16-,19-17-,23-21-,29-27-. The number of aliphatic hydroxyl groups excluding tert-OH is 4. The summed E-state index contributed by atoms with van der Waals surface area (Å²) in [5.41, 5.74) is 0. The quantitative estimate of drug-likeness (QED) is 0.0287. The minimum atomic E-state index is -1.55. The molecule has 0 aromatic heterocycles. The third-order valence-corrected chi connectivity index (χ3v) is 9.05. The normalized spacial score (nSPS) is 21.6. The molecule has 314 valence electrons. The summed E-state index contributed by atoms with van der Waals surface area (Å²) in [6.45, 7) is 4.28. The van der Waals surface area contributed by atoms with E-state index in [9.17, 15) is 25.2 Å². The second-order valence-electron chi connectivity index (χ2n) is 14.0. The molecule has 1 saturated heterocycles. The first-order valence-electron chi connectivity index (χ1n) is 21.2. The summed E-state index contributed by atoms with van der Waals surface area (Å²) in [7, 11) is 0. The molecule has 55 heavy (non-hydrogen) atoms. The fourth-order valence-electron chi connectivity index (χ4n) is 5.72. The molecule has 0 aromatic carbocycles. The number of carbonyl (C=O) groups excluding carboxylic acids is 1. The molecule has 6 unspecified atom stereocenters. The summed E-state index contributed by atoms with van der Waals surface area (Å²) in [5.74, 6) is -0.378.